The minimum absolute atomic E-state index is 0.212. The second-order valence-corrected chi connectivity index (χ2v) is 7.77. The monoisotopic (exact) mass is 443 g/mol. The molecule has 0 N–H and O–H groups in total. The van der Waals surface area contributed by atoms with Crippen molar-refractivity contribution in [2.24, 2.45) is 0 Å². The van der Waals surface area contributed by atoms with Crippen molar-refractivity contribution >= 4 is 33.9 Å². The summed E-state index contributed by atoms with van der Waals surface area (Å²) in [7, 11) is 3.19. The van der Waals surface area contributed by atoms with Crippen LogP contribution in [0.1, 0.15) is 11.3 Å². The van der Waals surface area contributed by atoms with Crippen LogP contribution in [0, 0.1) is 6.92 Å². The zero-order chi connectivity index (χ0) is 21.3. The topological polar surface area (TPSA) is 70.8 Å². The summed E-state index contributed by atoms with van der Waals surface area (Å²) < 4.78 is 22.0. The van der Waals surface area contributed by atoms with E-state index in [4.69, 9.17) is 30.2 Å². The van der Waals surface area contributed by atoms with E-state index in [0.717, 1.165) is 27.2 Å². The number of thiazole rings is 1. The molecule has 6 nitrogen and oxygen atoms in total. The van der Waals surface area contributed by atoms with E-state index in [1.165, 1.54) is 17.4 Å². The maximum Gasteiger partial charge on any atom is 0.336 e. The Balaban J connectivity index is 1.59. The molecule has 154 valence electrons. The van der Waals surface area contributed by atoms with Gasteiger partial charge in [0.25, 0.3) is 0 Å². The highest BCUT2D eigenvalue weighted by atomic mass is 35.5. The van der Waals surface area contributed by atoms with Gasteiger partial charge in [-0.2, -0.15) is 0 Å². The minimum atomic E-state index is -0.412. The van der Waals surface area contributed by atoms with Crippen LogP contribution in [0.25, 0.3) is 21.5 Å². The Morgan fingerprint density at radius 3 is 2.73 bits per heavy atom. The normalized spacial score (nSPS) is 10.9. The van der Waals surface area contributed by atoms with Crippen molar-refractivity contribution in [3.63, 3.8) is 0 Å². The summed E-state index contributed by atoms with van der Waals surface area (Å²) in [6, 6.07) is 10.4. The fraction of sp³-hybridized carbons (Fsp3) is 0.182. The zero-order valence-electron chi connectivity index (χ0n) is 16.5. The number of methoxy groups -OCH3 is 2. The zero-order valence-corrected chi connectivity index (χ0v) is 18.1. The second-order valence-electron chi connectivity index (χ2n) is 6.50. The largest absolute Gasteiger partial charge is 0.493 e. The third-order valence-corrected chi connectivity index (χ3v) is 5.78. The Bertz CT molecular complexity index is 1280. The molecule has 0 radical (unpaired) electrons. The van der Waals surface area contributed by atoms with E-state index in [1.54, 1.807) is 26.4 Å². The molecule has 0 fully saturated rings. The van der Waals surface area contributed by atoms with Gasteiger partial charge in [0, 0.05) is 22.9 Å². The van der Waals surface area contributed by atoms with Gasteiger partial charge in [0.15, 0.2) is 11.5 Å². The van der Waals surface area contributed by atoms with Crippen LogP contribution in [0.4, 0.5) is 0 Å². The number of hydrogen-bond donors (Lipinski definition) is 0. The molecule has 4 aromatic rings. The average Bonchev–Trinajstić information content (AvgIpc) is 3.21. The predicted octanol–water partition coefficient (Wildman–Crippen LogP) is 5.47. The Hall–Kier alpha value is -3.03. The molecule has 0 amide bonds. The third-order valence-electron chi connectivity index (χ3n) is 4.56. The molecule has 8 heteroatoms. The lowest BCUT2D eigenvalue weighted by molar-refractivity contribution is 0.302. The lowest BCUT2D eigenvalue weighted by Crippen LogP contribution is -2.00. The molecule has 2 aromatic heterocycles. The quantitative estimate of drug-likeness (QED) is 0.368. The molecule has 2 heterocycles. The first-order valence-electron chi connectivity index (χ1n) is 9.02. The molecule has 0 unspecified atom stereocenters. The molecule has 0 saturated heterocycles. The molecule has 0 saturated carbocycles. The van der Waals surface area contributed by atoms with Gasteiger partial charge in [-0.25, -0.2) is 9.78 Å². The number of aromatic nitrogens is 1. The molecule has 0 atom stereocenters. The lowest BCUT2D eigenvalue weighted by atomic mass is 10.1. The summed E-state index contributed by atoms with van der Waals surface area (Å²) in [4.78, 5) is 16.3. The summed E-state index contributed by atoms with van der Waals surface area (Å²) in [6.07, 6.45) is 0. The van der Waals surface area contributed by atoms with Crippen LogP contribution in [0.3, 0.4) is 0 Å². The fourth-order valence-electron chi connectivity index (χ4n) is 3.13. The maximum absolute atomic E-state index is 11.6. The van der Waals surface area contributed by atoms with Crippen molar-refractivity contribution in [2.45, 2.75) is 13.5 Å². The van der Waals surface area contributed by atoms with Gasteiger partial charge in [-0.1, -0.05) is 17.7 Å². The van der Waals surface area contributed by atoms with Gasteiger partial charge in [0.1, 0.15) is 22.9 Å². The third kappa shape index (κ3) is 3.86. The summed E-state index contributed by atoms with van der Waals surface area (Å²) in [5.74, 6) is 1.69. The number of nitrogens with zero attached hydrogens (tertiary/aromatic N) is 1. The van der Waals surface area contributed by atoms with Gasteiger partial charge in [-0.3, -0.25) is 0 Å². The molecule has 2 aromatic carbocycles. The van der Waals surface area contributed by atoms with E-state index in [2.05, 4.69) is 4.98 Å². The summed E-state index contributed by atoms with van der Waals surface area (Å²) in [5.41, 5.74) is 2.39. The average molecular weight is 444 g/mol. The highest BCUT2D eigenvalue weighted by Crippen LogP contribution is 2.39. The van der Waals surface area contributed by atoms with E-state index in [1.807, 2.05) is 30.5 Å². The number of fused-ring (bicyclic) bond motifs is 1. The van der Waals surface area contributed by atoms with Crippen LogP contribution in [0.5, 0.6) is 17.2 Å². The standard InChI is InChI=1S/C22H18ClNO5S/c1-12-7-20(25)29-18-9-19(16(23)8-15(12)18)28-10-13-11-30-22(24-13)14-5-4-6-17(26-2)21(14)27-3/h4-9,11H,10H2,1-3H3. The van der Waals surface area contributed by atoms with Crippen molar-refractivity contribution < 1.29 is 18.6 Å². The Morgan fingerprint density at radius 2 is 1.97 bits per heavy atom. The van der Waals surface area contributed by atoms with Crippen LogP contribution >= 0.6 is 22.9 Å². The van der Waals surface area contributed by atoms with Gasteiger partial charge in [0.2, 0.25) is 0 Å². The lowest BCUT2D eigenvalue weighted by Gasteiger charge is -2.10. The molecule has 0 bridgehead atoms. The molecule has 4 rings (SSSR count). The number of ether oxygens (including phenoxy) is 3. The number of benzene rings is 2. The number of aryl methyl sites for hydroxylation is 1. The highest BCUT2D eigenvalue weighted by molar-refractivity contribution is 7.13. The first-order valence-corrected chi connectivity index (χ1v) is 10.3. The minimum Gasteiger partial charge on any atom is -0.493 e. The molecular formula is C22H18ClNO5S. The van der Waals surface area contributed by atoms with Gasteiger partial charge in [-0.15, -0.1) is 11.3 Å². The number of hydrogen-bond acceptors (Lipinski definition) is 7. The van der Waals surface area contributed by atoms with E-state index in [-0.39, 0.29) is 6.61 Å². The van der Waals surface area contributed by atoms with Gasteiger partial charge < -0.3 is 18.6 Å². The van der Waals surface area contributed by atoms with Gasteiger partial charge >= 0.3 is 5.63 Å². The van der Waals surface area contributed by atoms with Crippen molar-refractivity contribution in [2.75, 3.05) is 14.2 Å². The SMILES string of the molecule is COc1cccc(-c2nc(COc3cc4oc(=O)cc(C)c4cc3Cl)cs2)c1OC. The predicted molar refractivity (Wildman–Crippen MR) is 117 cm³/mol. The maximum atomic E-state index is 11.6. The van der Waals surface area contributed by atoms with E-state index in [0.29, 0.717) is 27.9 Å². The molecule has 0 aliphatic heterocycles. The second kappa shape index (κ2) is 8.38. The van der Waals surface area contributed by atoms with Crippen molar-refractivity contribution in [1.29, 1.82) is 0 Å². The van der Waals surface area contributed by atoms with Gasteiger partial charge in [0.05, 0.1) is 30.5 Å². The first kappa shape index (κ1) is 20.3. The van der Waals surface area contributed by atoms with Crippen molar-refractivity contribution in [3.8, 4) is 27.8 Å². The number of para-hydroxylation sites is 1. The Morgan fingerprint density at radius 1 is 1.13 bits per heavy atom. The highest BCUT2D eigenvalue weighted by Gasteiger charge is 2.15. The van der Waals surface area contributed by atoms with Crippen LogP contribution in [0.15, 0.2) is 51.0 Å². The molecule has 0 aliphatic rings. The van der Waals surface area contributed by atoms with Crippen molar-refractivity contribution in [1.82, 2.24) is 4.98 Å². The molecule has 0 spiro atoms. The van der Waals surface area contributed by atoms with Crippen LogP contribution in [-0.2, 0) is 6.61 Å². The number of rotatable bonds is 6. The van der Waals surface area contributed by atoms with Crippen LogP contribution in [-0.4, -0.2) is 19.2 Å². The molecule has 30 heavy (non-hydrogen) atoms. The van der Waals surface area contributed by atoms with E-state index in [9.17, 15) is 4.79 Å². The van der Waals surface area contributed by atoms with Gasteiger partial charge in [-0.05, 0) is 30.7 Å². The van der Waals surface area contributed by atoms with E-state index >= 15 is 0 Å². The summed E-state index contributed by atoms with van der Waals surface area (Å²) >= 11 is 7.84. The fourth-order valence-corrected chi connectivity index (χ4v) is 4.18. The Labute approximate surface area is 181 Å². The van der Waals surface area contributed by atoms with E-state index < -0.39 is 5.63 Å². The first-order chi connectivity index (χ1) is 14.5. The molecule has 0 aliphatic carbocycles. The molecular weight excluding hydrogens is 426 g/mol. The van der Waals surface area contributed by atoms with Crippen molar-refractivity contribution in [3.05, 3.63) is 68.5 Å². The summed E-state index contributed by atoms with van der Waals surface area (Å²) in [5, 5.41) is 3.90. The summed E-state index contributed by atoms with van der Waals surface area (Å²) in [6.45, 7) is 2.05. The smallest absolute Gasteiger partial charge is 0.336 e. The van der Waals surface area contributed by atoms with Crippen LogP contribution in [0.2, 0.25) is 5.02 Å². The van der Waals surface area contributed by atoms with Crippen LogP contribution < -0.4 is 19.8 Å². The Kier molecular flexibility index (Phi) is 5.65. The number of halogens is 1.